The van der Waals surface area contributed by atoms with Crippen LogP contribution in [0.5, 0.6) is 11.5 Å². The molecule has 6 nitrogen and oxygen atoms in total. The SMILES string of the molecule is Cc1ccc(S(=O)(=O)Oc2c(O[C@H]3CN4CCC3CC4)ccc3c2C(=O)c2ccccc2-3)cc1. The largest absolute Gasteiger partial charge is 0.485 e. The average molecular weight is 476 g/mol. The maximum atomic E-state index is 13.4. The molecule has 34 heavy (non-hydrogen) atoms. The molecule has 4 aliphatic rings. The van der Waals surface area contributed by atoms with Gasteiger partial charge in [0.1, 0.15) is 11.0 Å². The van der Waals surface area contributed by atoms with Gasteiger partial charge in [0, 0.05) is 12.1 Å². The lowest BCUT2D eigenvalue weighted by Crippen LogP contribution is -2.52. The molecule has 1 aliphatic carbocycles. The van der Waals surface area contributed by atoms with Crippen molar-refractivity contribution in [3.05, 3.63) is 77.4 Å². The second-order valence-electron chi connectivity index (χ2n) is 9.33. The minimum absolute atomic E-state index is 0.0179. The maximum Gasteiger partial charge on any atom is 0.339 e. The first-order chi connectivity index (χ1) is 16.4. The Morgan fingerprint density at radius 1 is 0.882 bits per heavy atom. The highest BCUT2D eigenvalue weighted by atomic mass is 32.2. The van der Waals surface area contributed by atoms with Crippen molar-refractivity contribution in [3.63, 3.8) is 0 Å². The topological polar surface area (TPSA) is 72.9 Å². The van der Waals surface area contributed by atoms with Crippen molar-refractivity contribution in [2.75, 3.05) is 19.6 Å². The van der Waals surface area contributed by atoms with Gasteiger partial charge in [0.25, 0.3) is 0 Å². The van der Waals surface area contributed by atoms with Gasteiger partial charge in [-0.3, -0.25) is 9.69 Å². The Labute approximate surface area is 199 Å². The van der Waals surface area contributed by atoms with Gasteiger partial charge in [0.15, 0.2) is 17.3 Å². The van der Waals surface area contributed by atoms with Crippen LogP contribution in [-0.4, -0.2) is 44.8 Å². The molecule has 7 heteroatoms. The number of carbonyl (C=O) groups is 1. The predicted molar refractivity (Wildman–Crippen MR) is 128 cm³/mol. The molecule has 3 heterocycles. The van der Waals surface area contributed by atoms with E-state index in [0.29, 0.717) is 22.8 Å². The standard InChI is InChI=1S/C27H25NO5S/c1-17-6-8-19(9-7-17)34(30,31)33-27-23(32-24-16-28-14-12-18(24)13-15-28)11-10-21-20-4-2-3-5-22(20)26(29)25(21)27/h2-11,18,24H,12-16H2,1H3/t24-/m0/s1. The maximum absolute atomic E-state index is 13.4. The van der Waals surface area contributed by atoms with Crippen molar-refractivity contribution in [2.45, 2.75) is 30.8 Å². The molecule has 0 spiro atoms. The molecule has 3 aromatic rings. The fraction of sp³-hybridized carbons (Fsp3) is 0.296. The first-order valence-corrected chi connectivity index (χ1v) is 13.0. The zero-order chi connectivity index (χ0) is 23.4. The van der Waals surface area contributed by atoms with Crippen molar-refractivity contribution in [3.8, 4) is 22.6 Å². The van der Waals surface area contributed by atoms with E-state index in [-0.39, 0.29) is 28.1 Å². The summed E-state index contributed by atoms with van der Waals surface area (Å²) in [5.74, 6) is 0.442. The van der Waals surface area contributed by atoms with E-state index in [1.807, 2.05) is 25.1 Å². The third-order valence-corrected chi connectivity index (χ3v) is 8.42. The van der Waals surface area contributed by atoms with Gasteiger partial charge in [-0.25, -0.2) is 0 Å². The lowest BCUT2D eigenvalue weighted by Gasteiger charge is -2.44. The number of fused-ring (bicyclic) bond motifs is 6. The molecule has 2 bridgehead atoms. The number of ether oxygens (including phenoxy) is 1. The Bertz CT molecular complexity index is 1390. The summed E-state index contributed by atoms with van der Waals surface area (Å²) in [6.07, 6.45) is 2.04. The average Bonchev–Trinajstić information content (AvgIpc) is 3.14. The molecule has 174 valence electrons. The highest BCUT2D eigenvalue weighted by Crippen LogP contribution is 2.47. The van der Waals surface area contributed by atoms with E-state index in [0.717, 1.165) is 43.6 Å². The smallest absolute Gasteiger partial charge is 0.339 e. The highest BCUT2D eigenvalue weighted by molar-refractivity contribution is 7.87. The van der Waals surface area contributed by atoms with Gasteiger partial charge in [-0.05, 0) is 74.2 Å². The van der Waals surface area contributed by atoms with E-state index in [1.165, 1.54) is 12.1 Å². The normalized spacial score (nSPS) is 22.9. The summed E-state index contributed by atoms with van der Waals surface area (Å²) >= 11 is 0. The summed E-state index contributed by atoms with van der Waals surface area (Å²) in [5.41, 5.74) is 3.16. The predicted octanol–water partition coefficient (Wildman–Crippen LogP) is 4.45. The quantitative estimate of drug-likeness (QED) is 0.397. The fourth-order valence-corrected chi connectivity index (χ4v) is 6.26. The Morgan fingerprint density at radius 3 is 2.26 bits per heavy atom. The number of nitrogens with zero attached hydrogens (tertiary/aromatic N) is 1. The molecule has 1 atom stereocenters. The molecule has 3 fully saturated rings. The number of benzene rings is 3. The van der Waals surface area contributed by atoms with Gasteiger partial charge in [-0.15, -0.1) is 0 Å². The van der Waals surface area contributed by atoms with Crippen LogP contribution in [0.15, 0.2) is 65.6 Å². The van der Waals surface area contributed by atoms with Gasteiger partial charge in [0.05, 0.1) is 5.56 Å². The van der Waals surface area contributed by atoms with E-state index >= 15 is 0 Å². The molecular weight excluding hydrogens is 450 g/mol. The summed E-state index contributed by atoms with van der Waals surface area (Å²) < 4.78 is 38.7. The zero-order valence-corrected chi connectivity index (χ0v) is 19.7. The molecule has 0 unspecified atom stereocenters. The van der Waals surface area contributed by atoms with E-state index in [9.17, 15) is 13.2 Å². The number of ketones is 1. The third-order valence-electron chi connectivity index (χ3n) is 7.19. The number of aryl methyl sites for hydroxylation is 1. The molecule has 7 rings (SSSR count). The molecule has 0 saturated carbocycles. The molecule has 3 saturated heterocycles. The summed E-state index contributed by atoms with van der Waals surface area (Å²) in [7, 11) is -4.18. The van der Waals surface area contributed by atoms with Crippen LogP contribution in [0.25, 0.3) is 11.1 Å². The summed E-state index contributed by atoms with van der Waals surface area (Å²) in [6.45, 7) is 4.80. The Morgan fingerprint density at radius 2 is 1.59 bits per heavy atom. The summed E-state index contributed by atoms with van der Waals surface area (Å²) in [6, 6.07) is 17.3. The summed E-state index contributed by atoms with van der Waals surface area (Å²) in [5, 5.41) is 0. The summed E-state index contributed by atoms with van der Waals surface area (Å²) in [4.78, 5) is 15.8. The molecule has 0 amide bonds. The Balaban J connectivity index is 1.45. The fourth-order valence-electron chi connectivity index (χ4n) is 5.31. The Hall–Kier alpha value is -3.16. The number of piperidine rings is 3. The first kappa shape index (κ1) is 21.4. The molecule has 3 aliphatic heterocycles. The molecular formula is C27H25NO5S. The van der Waals surface area contributed by atoms with Gasteiger partial charge in [0.2, 0.25) is 0 Å². The van der Waals surface area contributed by atoms with E-state index in [2.05, 4.69) is 4.90 Å². The van der Waals surface area contributed by atoms with Crippen LogP contribution in [0, 0.1) is 12.8 Å². The van der Waals surface area contributed by atoms with Gasteiger partial charge < -0.3 is 8.92 Å². The number of hydrogen-bond donors (Lipinski definition) is 0. The van der Waals surface area contributed by atoms with Crippen LogP contribution in [0.4, 0.5) is 0 Å². The molecule has 0 radical (unpaired) electrons. The number of hydrogen-bond acceptors (Lipinski definition) is 6. The second-order valence-corrected chi connectivity index (χ2v) is 10.9. The van der Waals surface area contributed by atoms with E-state index in [4.69, 9.17) is 8.92 Å². The van der Waals surface area contributed by atoms with Gasteiger partial charge in [-0.2, -0.15) is 8.42 Å². The van der Waals surface area contributed by atoms with Gasteiger partial charge >= 0.3 is 10.1 Å². The van der Waals surface area contributed by atoms with Crippen LogP contribution in [-0.2, 0) is 10.1 Å². The second kappa shape index (κ2) is 7.96. The molecule has 3 aromatic carbocycles. The van der Waals surface area contributed by atoms with Crippen molar-refractivity contribution in [1.29, 1.82) is 0 Å². The van der Waals surface area contributed by atoms with E-state index < -0.39 is 10.1 Å². The van der Waals surface area contributed by atoms with Crippen molar-refractivity contribution < 1.29 is 22.1 Å². The zero-order valence-electron chi connectivity index (χ0n) is 18.9. The van der Waals surface area contributed by atoms with Crippen LogP contribution < -0.4 is 8.92 Å². The van der Waals surface area contributed by atoms with Crippen molar-refractivity contribution >= 4 is 15.9 Å². The first-order valence-electron chi connectivity index (χ1n) is 11.6. The van der Waals surface area contributed by atoms with Crippen LogP contribution in [0.2, 0.25) is 0 Å². The minimum Gasteiger partial charge on any atom is -0.485 e. The van der Waals surface area contributed by atoms with E-state index in [1.54, 1.807) is 30.3 Å². The van der Waals surface area contributed by atoms with Crippen molar-refractivity contribution in [1.82, 2.24) is 4.90 Å². The third kappa shape index (κ3) is 3.51. The van der Waals surface area contributed by atoms with Crippen molar-refractivity contribution in [2.24, 2.45) is 5.92 Å². The van der Waals surface area contributed by atoms with Crippen LogP contribution in [0.1, 0.15) is 34.3 Å². The minimum atomic E-state index is -4.18. The lowest BCUT2D eigenvalue weighted by molar-refractivity contribution is -0.00846. The number of carbonyl (C=O) groups excluding carboxylic acids is 1. The molecule has 0 N–H and O–H groups in total. The lowest BCUT2D eigenvalue weighted by atomic mass is 9.86. The highest BCUT2D eigenvalue weighted by Gasteiger charge is 2.38. The van der Waals surface area contributed by atoms with Gasteiger partial charge in [-0.1, -0.05) is 42.0 Å². The Kier molecular flexibility index (Phi) is 5.00. The molecule has 0 aromatic heterocycles. The van der Waals surface area contributed by atoms with Crippen LogP contribution in [0.3, 0.4) is 0 Å². The number of rotatable bonds is 5. The van der Waals surface area contributed by atoms with Crippen LogP contribution >= 0.6 is 0 Å². The monoisotopic (exact) mass is 475 g/mol.